The van der Waals surface area contributed by atoms with Gasteiger partial charge in [0.2, 0.25) is 0 Å². The molecule has 1 aromatic carbocycles. The molecule has 94 valence electrons. The van der Waals surface area contributed by atoms with Crippen molar-refractivity contribution in [1.29, 1.82) is 0 Å². The minimum atomic E-state index is -1.25. The lowest BCUT2D eigenvalue weighted by molar-refractivity contribution is 1.31. The molecule has 0 saturated carbocycles. The topological polar surface area (TPSA) is 24.9 Å². The highest BCUT2D eigenvalue weighted by Gasteiger charge is 2.16. The maximum Gasteiger partial charge on any atom is 0.130 e. The van der Waals surface area contributed by atoms with E-state index in [1.54, 1.807) is 0 Å². The van der Waals surface area contributed by atoms with Crippen LogP contribution in [0.5, 0.6) is 0 Å². The van der Waals surface area contributed by atoms with E-state index in [1.165, 1.54) is 10.8 Å². The predicted molar refractivity (Wildman–Crippen MR) is 81.7 cm³/mol. The molecule has 0 saturated heterocycles. The summed E-state index contributed by atoms with van der Waals surface area (Å²) in [5.74, 6) is 0.905. The van der Waals surface area contributed by atoms with Gasteiger partial charge in [0.1, 0.15) is 5.82 Å². The quantitative estimate of drug-likeness (QED) is 0.847. The fraction of sp³-hybridized carbons (Fsp3) is 0.267. The minimum Gasteiger partial charge on any atom is -0.340 e. The summed E-state index contributed by atoms with van der Waals surface area (Å²) < 4.78 is 0. The van der Waals surface area contributed by atoms with Crippen molar-refractivity contribution in [2.75, 3.05) is 5.32 Å². The Morgan fingerprint density at radius 2 is 1.83 bits per heavy atom. The van der Waals surface area contributed by atoms with Crippen LogP contribution in [0, 0.1) is 6.92 Å². The molecule has 0 radical (unpaired) electrons. The van der Waals surface area contributed by atoms with Crippen molar-refractivity contribution < 1.29 is 0 Å². The number of hydrogen-bond acceptors (Lipinski definition) is 2. The summed E-state index contributed by atoms with van der Waals surface area (Å²) in [5.41, 5.74) is 2.34. The van der Waals surface area contributed by atoms with Gasteiger partial charge in [-0.1, -0.05) is 37.8 Å². The number of pyridine rings is 1. The lowest BCUT2D eigenvalue weighted by Crippen LogP contribution is -2.37. The first kappa shape index (κ1) is 12.8. The van der Waals surface area contributed by atoms with Gasteiger partial charge in [0.15, 0.2) is 0 Å². The van der Waals surface area contributed by atoms with Gasteiger partial charge in [-0.3, -0.25) is 0 Å². The van der Waals surface area contributed by atoms with Gasteiger partial charge < -0.3 is 5.32 Å². The standard InChI is InChI=1S/C15H20N2Si/c1-12-6-5-7-13(10-12)17-15-9-8-14(11-16-15)18(2,3)4/h5-11H,1-4H3,(H,16,17). The van der Waals surface area contributed by atoms with E-state index in [2.05, 4.69) is 67.2 Å². The molecule has 3 heteroatoms. The third kappa shape index (κ3) is 3.20. The summed E-state index contributed by atoms with van der Waals surface area (Å²) in [7, 11) is -1.25. The zero-order valence-corrected chi connectivity index (χ0v) is 12.5. The third-order valence-electron chi connectivity index (χ3n) is 2.92. The molecule has 1 heterocycles. The summed E-state index contributed by atoms with van der Waals surface area (Å²) in [6, 6.07) is 12.6. The van der Waals surface area contributed by atoms with E-state index in [0.717, 1.165) is 11.5 Å². The minimum absolute atomic E-state index is 0.905. The number of aryl methyl sites for hydroxylation is 1. The number of benzene rings is 1. The van der Waals surface area contributed by atoms with E-state index < -0.39 is 8.07 Å². The van der Waals surface area contributed by atoms with Crippen LogP contribution in [0.25, 0.3) is 0 Å². The lowest BCUT2D eigenvalue weighted by atomic mass is 10.2. The molecule has 0 fully saturated rings. The van der Waals surface area contributed by atoms with Crippen LogP contribution in [-0.4, -0.2) is 13.1 Å². The molecule has 0 aliphatic heterocycles. The second kappa shape index (κ2) is 4.94. The average molecular weight is 256 g/mol. The van der Waals surface area contributed by atoms with Gasteiger partial charge in [0.05, 0.1) is 8.07 Å². The zero-order valence-electron chi connectivity index (χ0n) is 11.5. The van der Waals surface area contributed by atoms with E-state index in [0.29, 0.717) is 0 Å². The predicted octanol–water partition coefficient (Wildman–Crippen LogP) is 3.68. The first-order valence-corrected chi connectivity index (χ1v) is 9.75. The Labute approximate surface area is 110 Å². The van der Waals surface area contributed by atoms with Crippen LogP contribution in [0.15, 0.2) is 42.6 Å². The molecular formula is C15H20N2Si. The summed E-state index contributed by atoms with van der Waals surface area (Å²) in [4.78, 5) is 4.49. The maximum atomic E-state index is 4.49. The van der Waals surface area contributed by atoms with E-state index in [9.17, 15) is 0 Å². The molecule has 2 aromatic rings. The largest absolute Gasteiger partial charge is 0.340 e. The van der Waals surface area contributed by atoms with Gasteiger partial charge in [-0.15, -0.1) is 0 Å². The van der Waals surface area contributed by atoms with Gasteiger partial charge in [-0.2, -0.15) is 0 Å². The fourth-order valence-corrected chi connectivity index (χ4v) is 2.82. The molecule has 0 aliphatic rings. The highest BCUT2D eigenvalue weighted by atomic mass is 28.3. The van der Waals surface area contributed by atoms with E-state index in [4.69, 9.17) is 0 Å². The van der Waals surface area contributed by atoms with Gasteiger partial charge in [0, 0.05) is 11.9 Å². The Bertz CT molecular complexity index is 527. The van der Waals surface area contributed by atoms with Gasteiger partial charge >= 0.3 is 0 Å². The molecule has 1 aromatic heterocycles. The van der Waals surface area contributed by atoms with E-state index in [-0.39, 0.29) is 0 Å². The smallest absolute Gasteiger partial charge is 0.130 e. The molecule has 0 aliphatic carbocycles. The number of aromatic nitrogens is 1. The second-order valence-electron chi connectivity index (χ2n) is 5.68. The highest BCUT2D eigenvalue weighted by Crippen LogP contribution is 2.15. The Kier molecular flexibility index (Phi) is 3.52. The van der Waals surface area contributed by atoms with Crippen LogP contribution in [-0.2, 0) is 0 Å². The summed E-state index contributed by atoms with van der Waals surface area (Å²) in [6.45, 7) is 9.08. The van der Waals surface area contributed by atoms with Crippen molar-refractivity contribution in [2.24, 2.45) is 0 Å². The van der Waals surface area contributed by atoms with Crippen LogP contribution < -0.4 is 10.5 Å². The number of hydrogen-bond donors (Lipinski definition) is 1. The molecule has 0 atom stereocenters. The highest BCUT2D eigenvalue weighted by molar-refractivity contribution is 6.88. The number of nitrogens with zero attached hydrogens (tertiary/aromatic N) is 1. The van der Waals surface area contributed by atoms with Crippen LogP contribution in [0.1, 0.15) is 5.56 Å². The van der Waals surface area contributed by atoms with Crippen LogP contribution in [0.4, 0.5) is 11.5 Å². The van der Waals surface area contributed by atoms with Crippen molar-refractivity contribution in [1.82, 2.24) is 4.98 Å². The summed E-state index contributed by atoms with van der Waals surface area (Å²) in [6.07, 6.45) is 2.00. The number of rotatable bonds is 3. The average Bonchev–Trinajstić information content (AvgIpc) is 2.28. The second-order valence-corrected chi connectivity index (χ2v) is 10.8. The van der Waals surface area contributed by atoms with Crippen LogP contribution in [0.2, 0.25) is 19.6 Å². The molecule has 0 spiro atoms. The third-order valence-corrected chi connectivity index (χ3v) is 4.95. The maximum absolute atomic E-state index is 4.49. The van der Waals surface area contributed by atoms with Crippen molar-refractivity contribution >= 4 is 24.8 Å². The molecule has 2 rings (SSSR count). The van der Waals surface area contributed by atoms with Crippen LogP contribution in [0.3, 0.4) is 0 Å². The van der Waals surface area contributed by atoms with Crippen molar-refractivity contribution in [3.63, 3.8) is 0 Å². The first-order chi connectivity index (χ1) is 8.45. The molecule has 0 unspecified atom stereocenters. The molecule has 1 N–H and O–H groups in total. The lowest BCUT2D eigenvalue weighted by Gasteiger charge is -2.16. The zero-order chi connectivity index (χ0) is 13.2. The first-order valence-electron chi connectivity index (χ1n) is 6.25. The summed E-state index contributed by atoms with van der Waals surface area (Å²) in [5, 5.41) is 4.71. The number of anilines is 2. The van der Waals surface area contributed by atoms with Gasteiger partial charge in [0.25, 0.3) is 0 Å². The summed E-state index contributed by atoms with van der Waals surface area (Å²) >= 11 is 0. The van der Waals surface area contributed by atoms with Gasteiger partial charge in [-0.05, 0) is 35.9 Å². The van der Waals surface area contributed by atoms with Crippen molar-refractivity contribution in [3.05, 3.63) is 48.2 Å². The normalized spacial score (nSPS) is 11.3. The Hall–Kier alpha value is -1.61. The molecular weight excluding hydrogens is 236 g/mol. The molecule has 18 heavy (non-hydrogen) atoms. The van der Waals surface area contributed by atoms with Crippen LogP contribution >= 0.6 is 0 Å². The Morgan fingerprint density at radius 3 is 2.39 bits per heavy atom. The molecule has 0 amide bonds. The monoisotopic (exact) mass is 256 g/mol. The Morgan fingerprint density at radius 1 is 1.06 bits per heavy atom. The van der Waals surface area contributed by atoms with E-state index in [1.807, 2.05) is 12.3 Å². The Balaban J connectivity index is 2.16. The SMILES string of the molecule is Cc1cccc(Nc2ccc([Si](C)(C)C)cn2)c1. The van der Waals surface area contributed by atoms with Crippen molar-refractivity contribution in [2.45, 2.75) is 26.6 Å². The molecule has 0 bridgehead atoms. The van der Waals surface area contributed by atoms with Gasteiger partial charge in [-0.25, -0.2) is 4.98 Å². The fourth-order valence-electron chi connectivity index (χ4n) is 1.78. The van der Waals surface area contributed by atoms with Crippen molar-refractivity contribution in [3.8, 4) is 0 Å². The van der Waals surface area contributed by atoms with E-state index >= 15 is 0 Å². The molecule has 2 nitrogen and oxygen atoms in total. The number of nitrogens with one attached hydrogen (secondary N) is 1.